The highest BCUT2D eigenvalue weighted by Gasteiger charge is 2.38. The summed E-state index contributed by atoms with van der Waals surface area (Å²) in [5, 5.41) is 0. The van der Waals surface area contributed by atoms with Crippen molar-refractivity contribution in [2.24, 2.45) is 11.8 Å². The van der Waals surface area contributed by atoms with E-state index in [0.29, 0.717) is 17.8 Å². The zero-order chi connectivity index (χ0) is 54.4. The molecule has 2 atom stereocenters. The van der Waals surface area contributed by atoms with Crippen LogP contribution in [-0.2, 0) is 5.41 Å². The lowest BCUT2D eigenvalue weighted by Gasteiger charge is -2.24. The minimum Gasteiger partial charge on any atom is -0.0991 e. The summed E-state index contributed by atoms with van der Waals surface area (Å²) in [4.78, 5) is 0. The monoisotopic (exact) mass is 965 g/mol. The molecule has 0 heteroatoms. The smallest absolute Gasteiger partial charge is 0.0159 e. The molecule has 0 nitrogen and oxygen atoms in total. The van der Waals surface area contributed by atoms with Gasteiger partial charge >= 0.3 is 0 Å². The van der Waals surface area contributed by atoms with E-state index in [2.05, 4.69) is 233 Å². The van der Waals surface area contributed by atoms with E-state index >= 15 is 0 Å². The molecular weight excluding hydrogens is 865 g/mol. The van der Waals surface area contributed by atoms with Crippen LogP contribution in [0.25, 0.3) is 28.9 Å². The lowest BCUT2D eigenvalue weighted by molar-refractivity contribution is 0.654. The van der Waals surface area contributed by atoms with Crippen LogP contribution >= 0.6 is 0 Å². The molecule has 3 aromatic carbocycles. The molecular formula is C72H100. The first-order valence-corrected chi connectivity index (χ1v) is 27.3. The summed E-state index contributed by atoms with van der Waals surface area (Å²) in [6, 6.07) is 17.9. The van der Waals surface area contributed by atoms with Gasteiger partial charge in [-0.2, -0.15) is 0 Å². The maximum absolute atomic E-state index is 4.39. The predicted octanol–water partition coefficient (Wildman–Crippen LogP) is 22.9. The third kappa shape index (κ3) is 20.4. The lowest BCUT2D eigenvalue weighted by atomic mass is 9.80. The Labute approximate surface area is 444 Å². The van der Waals surface area contributed by atoms with Crippen LogP contribution in [0.3, 0.4) is 0 Å². The van der Waals surface area contributed by atoms with Crippen LogP contribution in [0.4, 0.5) is 0 Å². The van der Waals surface area contributed by atoms with Gasteiger partial charge < -0.3 is 0 Å². The van der Waals surface area contributed by atoms with Crippen molar-refractivity contribution in [3.8, 4) is 11.1 Å². The average Bonchev–Trinajstić information content (AvgIpc) is 4.19. The molecule has 0 aromatic heterocycles. The van der Waals surface area contributed by atoms with Gasteiger partial charge in [0.1, 0.15) is 0 Å². The van der Waals surface area contributed by atoms with Gasteiger partial charge in [-0.25, -0.2) is 0 Å². The van der Waals surface area contributed by atoms with Crippen LogP contribution in [0, 0.1) is 25.7 Å². The second-order valence-electron chi connectivity index (χ2n) is 20.0. The van der Waals surface area contributed by atoms with Crippen molar-refractivity contribution >= 4 is 17.7 Å². The van der Waals surface area contributed by atoms with Gasteiger partial charge in [0.25, 0.3) is 0 Å². The minimum atomic E-state index is 0.0242. The first-order chi connectivity index (χ1) is 34.4. The molecule has 0 spiro atoms. The Bertz CT molecular complexity index is 2460. The standard InChI is InChI=1S/C24H28.C19H24.C11H18.C10H16.C8H14/c1-8-15(4)17-11-12-20-21(14-17)24(6,7)22-13-16(5)18(9-2)19(10-3)23(20)22;1-5-9-16(6-2)19(17-12-13-17)15(4)18-11-8-7-10-14(18)3;1-5-7-8-11(4)9-10(3)6-2;1-4-6-8-10(3)9-7-5-2;1-4-6-8(3)7-5-2/h9-15H,2-3,8H2,1,4-7H3;6-8,10-11,17H,2,4-5,9,12-13H2,1,3H3;5,7-10H,1,6H2,2-4H3;4,6-9H,5H2,1-3H3;4,6-7H,5H2,1-3H3/b;19-16-;8-7-,11-9-;6-4-,9-7-,10-8-;6-4-,8-7-. The van der Waals surface area contributed by atoms with Gasteiger partial charge in [0.2, 0.25) is 0 Å². The molecule has 0 saturated heterocycles. The number of benzene rings is 3. The lowest BCUT2D eigenvalue weighted by Crippen LogP contribution is -2.16. The molecule has 388 valence electrons. The summed E-state index contributed by atoms with van der Waals surface area (Å²) in [5.41, 5.74) is 21.4. The quantitative estimate of drug-likeness (QED) is 0.105. The van der Waals surface area contributed by atoms with Crippen molar-refractivity contribution in [1.29, 1.82) is 0 Å². The largest absolute Gasteiger partial charge is 0.0991 e. The molecule has 0 amide bonds. The number of fused-ring (bicyclic) bond motifs is 3. The molecule has 5 rings (SSSR count). The second-order valence-corrected chi connectivity index (χ2v) is 20.0. The summed E-state index contributed by atoms with van der Waals surface area (Å²) in [6.45, 7) is 55.1. The van der Waals surface area contributed by atoms with Crippen LogP contribution in [0.5, 0.6) is 0 Å². The van der Waals surface area contributed by atoms with Crippen molar-refractivity contribution in [2.45, 2.75) is 173 Å². The van der Waals surface area contributed by atoms with Crippen LogP contribution < -0.4 is 0 Å². The summed E-state index contributed by atoms with van der Waals surface area (Å²) in [5.74, 6) is 2.00. The summed E-state index contributed by atoms with van der Waals surface area (Å²) < 4.78 is 0. The molecule has 72 heavy (non-hydrogen) atoms. The van der Waals surface area contributed by atoms with Crippen molar-refractivity contribution < 1.29 is 0 Å². The molecule has 0 N–H and O–H groups in total. The molecule has 2 aliphatic carbocycles. The highest BCUT2D eigenvalue weighted by Crippen LogP contribution is 2.52. The Hall–Kier alpha value is -5.72. The summed E-state index contributed by atoms with van der Waals surface area (Å²) >= 11 is 0. The third-order valence-electron chi connectivity index (χ3n) is 13.6. The molecule has 3 aromatic rings. The van der Waals surface area contributed by atoms with E-state index in [9.17, 15) is 0 Å². The van der Waals surface area contributed by atoms with E-state index < -0.39 is 0 Å². The first kappa shape index (κ1) is 64.3. The molecule has 1 fully saturated rings. The Morgan fingerprint density at radius 1 is 0.722 bits per heavy atom. The van der Waals surface area contributed by atoms with E-state index in [1.165, 1.54) is 121 Å². The maximum Gasteiger partial charge on any atom is 0.0159 e. The van der Waals surface area contributed by atoms with Crippen LogP contribution in [0.15, 0.2) is 188 Å². The fourth-order valence-electron chi connectivity index (χ4n) is 8.96. The molecule has 0 bridgehead atoms. The number of allylic oxidation sites excluding steroid dienone is 19. The molecule has 0 radical (unpaired) electrons. The first-order valence-electron chi connectivity index (χ1n) is 27.3. The van der Waals surface area contributed by atoms with Gasteiger partial charge in [0.15, 0.2) is 0 Å². The zero-order valence-electron chi connectivity index (χ0n) is 48.7. The van der Waals surface area contributed by atoms with Gasteiger partial charge in [-0.1, -0.05) is 264 Å². The van der Waals surface area contributed by atoms with Crippen molar-refractivity contribution in [1.82, 2.24) is 0 Å². The van der Waals surface area contributed by atoms with Crippen LogP contribution in [-0.4, -0.2) is 0 Å². The SMILES string of the molecule is C/C=C\C(C)=C/CC.C=C/C(CCC)=C(\C(=C)c1ccccc1C)C1CC1.C=C/C=C\C(C)=C/C(C)CC.C=Cc1c(C)cc2c(c1C=C)-c1ccc(C(C)CC)cc1C2(C)C.C\C=C/C=C(C)\C=C/CC. The predicted molar refractivity (Wildman–Crippen MR) is 332 cm³/mol. The fraction of sp³-hybridized carbons (Fsp3) is 0.389. The molecule has 2 unspecified atom stereocenters. The van der Waals surface area contributed by atoms with Gasteiger partial charge in [-0.05, 0) is 177 Å². The van der Waals surface area contributed by atoms with E-state index in [1.807, 2.05) is 44.2 Å². The van der Waals surface area contributed by atoms with Gasteiger partial charge in [-0.15, -0.1) is 0 Å². The highest BCUT2D eigenvalue weighted by atomic mass is 14.4. The van der Waals surface area contributed by atoms with Crippen molar-refractivity contribution in [3.05, 3.63) is 233 Å². The topological polar surface area (TPSA) is 0 Å². The van der Waals surface area contributed by atoms with Crippen molar-refractivity contribution in [2.75, 3.05) is 0 Å². The van der Waals surface area contributed by atoms with Gasteiger partial charge in [-0.3, -0.25) is 0 Å². The van der Waals surface area contributed by atoms with Gasteiger partial charge in [0.05, 0.1) is 0 Å². The molecule has 0 heterocycles. The molecule has 0 aliphatic heterocycles. The highest BCUT2D eigenvalue weighted by molar-refractivity contribution is 5.91. The number of hydrogen-bond acceptors (Lipinski definition) is 0. The number of hydrogen-bond donors (Lipinski definition) is 0. The Morgan fingerprint density at radius 3 is 1.90 bits per heavy atom. The number of rotatable bonds is 19. The third-order valence-corrected chi connectivity index (χ3v) is 13.6. The van der Waals surface area contributed by atoms with E-state index in [0.717, 1.165) is 19.3 Å². The fourth-order valence-corrected chi connectivity index (χ4v) is 8.96. The minimum absolute atomic E-state index is 0.0242. The van der Waals surface area contributed by atoms with E-state index in [4.69, 9.17) is 0 Å². The Balaban J connectivity index is 0.000000481. The normalized spacial score (nSPS) is 15.1. The van der Waals surface area contributed by atoms with Gasteiger partial charge in [0, 0.05) is 5.41 Å². The van der Waals surface area contributed by atoms with Crippen LogP contribution in [0.2, 0.25) is 0 Å². The molecule has 2 aliphatic rings. The van der Waals surface area contributed by atoms with Crippen molar-refractivity contribution in [3.63, 3.8) is 0 Å². The Kier molecular flexibility index (Phi) is 30.9. The second kappa shape index (κ2) is 34.6. The maximum atomic E-state index is 4.39. The summed E-state index contributed by atoms with van der Waals surface area (Å²) in [6.07, 6.45) is 40.5. The number of aryl methyl sites for hydroxylation is 2. The molecule has 1 saturated carbocycles. The van der Waals surface area contributed by atoms with E-state index in [1.54, 1.807) is 6.08 Å². The zero-order valence-corrected chi connectivity index (χ0v) is 48.7. The van der Waals surface area contributed by atoms with Crippen LogP contribution in [0.1, 0.15) is 199 Å². The summed E-state index contributed by atoms with van der Waals surface area (Å²) in [7, 11) is 0. The van der Waals surface area contributed by atoms with E-state index in [-0.39, 0.29) is 5.41 Å². The average molecular weight is 966 g/mol. The Morgan fingerprint density at radius 2 is 1.39 bits per heavy atom.